The van der Waals surface area contributed by atoms with Gasteiger partial charge in [-0.05, 0) is 31.5 Å². The first kappa shape index (κ1) is 16.9. The number of carbonyl (C=O) groups is 1. The van der Waals surface area contributed by atoms with E-state index in [0.29, 0.717) is 5.75 Å². The molecule has 0 saturated carbocycles. The average Bonchev–Trinajstić information content (AvgIpc) is 2.45. The van der Waals surface area contributed by atoms with Crippen molar-refractivity contribution in [2.75, 3.05) is 20.3 Å². The van der Waals surface area contributed by atoms with E-state index in [1.54, 1.807) is 45.2 Å². The Hall–Kier alpha value is -1.16. The normalized spacial score (nSPS) is 12.9. The fourth-order valence-electron chi connectivity index (χ4n) is 1.94. The summed E-state index contributed by atoms with van der Waals surface area (Å²) in [7, 11) is -1.79. The lowest BCUT2D eigenvalue weighted by atomic mass is 10.1. The first-order valence-electron chi connectivity index (χ1n) is 6.57. The van der Waals surface area contributed by atoms with Crippen molar-refractivity contribution in [1.29, 1.82) is 0 Å². The second kappa shape index (κ2) is 8.20. The van der Waals surface area contributed by atoms with Crippen molar-refractivity contribution in [2.24, 2.45) is 0 Å². The third kappa shape index (κ3) is 4.17. The molecule has 1 unspecified atom stereocenters. The van der Waals surface area contributed by atoms with Crippen molar-refractivity contribution in [1.82, 2.24) is 0 Å². The lowest BCUT2D eigenvalue weighted by Crippen LogP contribution is -2.07. The summed E-state index contributed by atoms with van der Waals surface area (Å²) in [4.78, 5) is 10.9. The molecule has 1 aromatic rings. The summed E-state index contributed by atoms with van der Waals surface area (Å²) < 4.78 is 28.6. The first-order chi connectivity index (χ1) is 9.61. The van der Waals surface area contributed by atoms with Crippen LogP contribution in [0.5, 0.6) is 5.75 Å². The van der Waals surface area contributed by atoms with Crippen LogP contribution in [0, 0.1) is 0 Å². The SMILES string of the molecule is CCOP(=O)(OCC)C(CC=O)c1ccc(OC)cc1. The van der Waals surface area contributed by atoms with Gasteiger partial charge in [0.1, 0.15) is 12.0 Å². The average molecular weight is 300 g/mol. The van der Waals surface area contributed by atoms with Gasteiger partial charge in [-0.1, -0.05) is 12.1 Å². The van der Waals surface area contributed by atoms with Crippen LogP contribution in [-0.2, 0) is 18.4 Å². The van der Waals surface area contributed by atoms with Crippen LogP contribution in [0.2, 0.25) is 0 Å². The summed E-state index contributed by atoms with van der Waals surface area (Å²) in [5.41, 5.74) is 0.147. The fraction of sp³-hybridized carbons (Fsp3) is 0.500. The second-order valence-corrected chi connectivity index (χ2v) is 6.29. The third-order valence-corrected chi connectivity index (χ3v) is 5.33. The number of rotatable bonds is 9. The number of aldehydes is 1. The minimum Gasteiger partial charge on any atom is -0.497 e. The fourth-order valence-corrected chi connectivity index (χ4v) is 3.98. The van der Waals surface area contributed by atoms with Gasteiger partial charge < -0.3 is 18.6 Å². The molecule has 0 amide bonds. The predicted octanol–water partition coefficient (Wildman–Crippen LogP) is 3.59. The molecular weight excluding hydrogens is 279 g/mol. The van der Waals surface area contributed by atoms with Crippen LogP contribution in [0.25, 0.3) is 0 Å². The highest BCUT2D eigenvalue weighted by Gasteiger charge is 2.36. The predicted molar refractivity (Wildman–Crippen MR) is 77.3 cm³/mol. The van der Waals surface area contributed by atoms with Gasteiger partial charge in [-0.15, -0.1) is 0 Å². The second-order valence-electron chi connectivity index (χ2n) is 4.07. The molecule has 0 fully saturated rings. The Morgan fingerprint density at radius 1 is 1.15 bits per heavy atom. The zero-order valence-electron chi connectivity index (χ0n) is 12.1. The van der Waals surface area contributed by atoms with Crippen molar-refractivity contribution in [3.63, 3.8) is 0 Å². The maximum Gasteiger partial charge on any atom is 0.338 e. The van der Waals surface area contributed by atoms with E-state index in [1.807, 2.05) is 0 Å². The maximum atomic E-state index is 12.8. The van der Waals surface area contributed by atoms with Crippen molar-refractivity contribution in [3.8, 4) is 5.75 Å². The van der Waals surface area contributed by atoms with Gasteiger partial charge in [-0.2, -0.15) is 0 Å². The molecule has 0 heterocycles. The topological polar surface area (TPSA) is 61.8 Å². The Balaban J connectivity index is 3.12. The Bertz CT molecular complexity index is 447. The van der Waals surface area contributed by atoms with Gasteiger partial charge in [-0.3, -0.25) is 4.57 Å². The number of hydrogen-bond donors (Lipinski definition) is 0. The molecule has 0 saturated heterocycles. The summed E-state index contributed by atoms with van der Waals surface area (Å²) in [5, 5.41) is 0. The molecule has 1 rings (SSSR count). The molecule has 1 aromatic carbocycles. The van der Waals surface area contributed by atoms with Crippen LogP contribution in [0.15, 0.2) is 24.3 Å². The highest BCUT2D eigenvalue weighted by Crippen LogP contribution is 2.62. The molecule has 0 aliphatic carbocycles. The number of hydrogen-bond acceptors (Lipinski definition) is 5. The maximum absolute atomic E-state index is 12.8. The summed E-state index contributed by atoms with van der Waals surface area (Å²) >= 11 is 0. The van der Waals surface area contributed by atoms with E-state index in [9.17, 15) is 9.36 Å². The van der Waals surface area contributed by atoms with Crippen molar-refractivity contribution >= 4 is 13.9 Å². The molecular formula is C14H21O5P. The molecule has 5 nitrogen and oxygen atoms in total. The van der Waals surface area contributed by atoms with Crippen molar-refractivity contribution in [2.45, 2.75) is 25.9 Å². The van der Waals surface area contributed by atoms with E-state index < -0.39 is 13.3 Å². The number of methoxy groups -OCH3 is 1. The largest absolute Gasteiger partial charge is 0.497 e. The van der Waals surface area contributed by atoms with Gasteiger partial charge in [0.15, 0.2) is 0 Å². The van der Waals surface area contributed by atoms with Gasteiger partial charge in [0, 0.05) is 6.42 Å². The number of carbonyl (C=O) groups excluding carboxylic acids is 1. The van der Waals surface area contributed by atoms with Gasteiger partial charge in [0.25, 0.3) is 0 Å². The standard InChI is InChI=1S/C14H21O5P/c1-4-18-20(16,19-5-2)14(10-11-15)12-6-8-13(17-3)9-7-12/h6-9,11,14H,4-5,10H2,1-3H3. The van der Waals surface area contributed by atoms with Crippen LogP contribution < -0.4 is 4.74 Å². The quantitative estimate of drug-likeness (QED) is 0.515. The molecule has 0 aliphatic heterocycles. The summed E-state index contributed by atoms with van der Waals surface area (Å²) in [6.45, 7) is 4.03. The molecule has 1 atom stereocenters. The van der Waals surface area contributed by atoms with Crippen LogP contribution in [-0.4, -0.2) is 26.6 Å². The van der Waals surface area contributed by atoms with Crippen LogP contribution >= 0.6 is 7.60 Å². The molecule has 0 spiro atoms. The Morgan fingerprint density at radius 2 is 1.70 bits per heavy atom. The Kier molecular flexibility index (Phi) is 6.93. The first-order valence-corrected chi connectivity index (χ1v) is 8.18. The zero-order valence-corrected chi connectivity index (χ0v) is 13.0. The molecule has 0 bridgehead atoms. The number of ether oxygens (including phenoxy) is 1. The molecule has 20 heavy (non-hydrogen) atoms. The van der Waals surface area contributed by atoms with E-state index in [1.165, 1.54) is 0 Å². The Labute approximate surface area is 119 Å². The lowest BCUT2D eigenvalue weighted by Gasteiger charge is -2.25. The minimum atomic E-state index is -3.36. The third-order valence-electron chi connectivity index (χ3n) is 2.82. The van der Waals surface area contributed by atoms with Gasteiger partial charge >= 0.3 is 7.60 Å². The smallest absolute Gasteiger partial charge is 0.338 e. The Morgan fingerprint density at radius 3 is 2.10 bits per heavy atom. The van der Waals surface area contributed by atoms with E-state index in [2.05, 4.69) is 0 Å². The molecule has 6 heteroatoms. The van der Waals surface area contributed by atoms with Crippen LogP contribution in [0.3, 0.4) is 0 Å². The summed E-state index contributed by atoms with van der Waals surface area (Å²) in [5.74, 6) is 0.696. The molecule has 0 radical (unpaired) electrons. The van der Waals surface area contributed by atoms with Crippen molar-refractivity contribution < 1.29 is 23.1 Å². The summed E-state index contributed by atoms with van der Waals surface area (Å²) in [6, 6.07) is 7.07. The van der Waals surface area contributed by atoms with E-state index in [4.69, 9.17) is 13.8 Å². The molecule has 0 N–H and O–H groups in total. The highest BCUT2D eigenvalue weighted by atomic mass is 31.2. The lowest BCUT2D eigenvalue weighted by molar-refractivity contribution is -0.108. The molecule has 0 aromatic heterocycles. The van der Waals surface area contributed by atoms with Gasteiger partial charge in [0.05, 0.1) is 26.0 Å². The van der Waals surface area contributed by atoms with E-state index in [-0.39, 0.29) is 19.6 Å². The monoisotopic (exact) mass is 300 g/mol. The van der Waals surface area contributed by atoms with Crippen LogP contribution in [0.1, 0.15) is 31.5 Å². The van der Waals surface area contributed by atoms with Crippen LogP contribution in [0.4, 0.5) is 0 Å². The summed E-state index contributed by atoms with van der Waals surface area (Å²) in [6.07, 6.45) is 0.823. The molecule has 0 aliphatic rings. The highest BCUT2D eigenvalue weighted by molar-refractivity contribution is 7.54. The number of benzene rings is 1. The minimum absolute atomic E-state index is 0.0869. The van der Waals surface area contributed by atoms with Gasteiger partial charge in [-0.25, -0.2) is 0 Å². The van der Waals surface area contributed by atoms with Crippen molar-refractivity contribution in [3.05, 3.63) is 29.8 Å². The van der Waals surface area contributed by atoms with E-state index in [0.717, 1.165) is 11.8 Å². The van der Waals surface area contributed by atoms with Gasteiger partial charge in [0.2, 0.25) is 0 Å². The van der Waals surface area contributed by atoms with E-state index >= 15 is 0 Å². The molecule has 112 valence electrons. The zero-order chi connectivity index (χ0) is 15.0.